The summed E-state index contributed by atoms with van der Waals surface area (Å²) in [7, 11) is 0. The van der Waals surface area contributed by atoms with Gasteiger partial charge in [0.25, 0.3) is 5.91 Å². The maximum atomic E-state index is 12.3. The van der Waals surface area contributed by atoms with Gasteiger partial charge in [0.1, 0.15) is 0 Å². The molecular formula is C17H14Cl3N3O2. The monoisotopic (exact) mass is 397 g/mol. The molecule has 0 atom stereocenters. The van der Waals surface area contributed by atoms with Gasteiger partial charge < -0.3 is 15.5 Å². The summed E-state index contributed by atoms with van der Waals surface area (Å²) >= 11 is 18.1. The van der Waals surface area contributed by atoms with E-state index in [-0.39, 0.29) is 18.4 Å². The molecule has 25 heavy (non-hydrogen) atoms. The number of anilines is 2. The Morgan fingerprint density at radius 1 is 1.04 bits per heavy atom. The van der Waals surface area contributed by atoms with Crippen molar-refractivity contribution in [2.45, 2.75) is 0 Å². The summed E-state index contributed by atoms with van der Waals surface area (Å²) in [5, 5.41) is 6.68. The second-order valence-electron chi connectivity index (χ2n) is 5.52. The first kappa shape index (κ1) is 17.9. The Balaban J connectivity index is 1.75. The van der Waals surface area contributed by atoms with Crippen molar-refractivity contribution in [1.29, 1.82) is 0 Å². The molecule has 8 heteroatoms. The van der Waals surface area contributed by atoms with Crippen LogP contribution in [0.1, 0.15) is 10.4 Å². The largest absolute Gasteiger partial charge is 0.359 e. The van der Waals surface area contributed by atoms with E-state index >= 15 is 0 Å². The van der Waals surface area contributed by atoms with Crippen molar-refractivity contribution in [1.82, 2.24) is 5.32 Å². The van der Waals surface area contributed by atoms with Gasteiger partial charge in [0.05, 0.1) is 27.3 Å². The van der Waals surface area contributed by atoms with E-state index in [1.165, 1.54) is 6.07 Å². The second-order valence-corrected chi connectivity index (χ2v) is 6.74. The summed E-state index contributed by atoms with van der Waals surface area (Å²) in [5.74, 6) is -0.362. The lowest BCUT2D eigenvalue weighted by atomic mass is 10.2. The molecule has 0 radical (unpaired) electrons. The van der Waals surface area contributed by atoms with E-state index in [0.29, 0.717) is 39.4 Å². The Morgan fingerprint density at radius 3 is 2.52 bits per heavy atom. The Morgan fingerprint density at radius 2 is 1.84 bits per heavy atom. The molecule has 1 fully saturated rings. The van der Waals surface area contributed by atoms with E-state index in [4.69, 9.17) is 34.8 Å². The number of benzene rings is 2. The summed E-state index contributed by atoms with van der Waals surface area (Å²) in [6.07, 6.45) is 0. The number of hydrogen-bond donors (Lipinski definition) is 2. The van der Waals surface area contributed by atoms with Gasteiger partial charge in [0.2, 0.25) is 5.91 Å². The van der Waals surface area contributed by atoms with Crippen molar-refractivity contribution in [2.75, 3.05) is 29.9 Å². The number of nitrogens with zero attached hydrogens (tertiary/aromatic N) is 1. The number of amides is 2. The molecule has 0 aromatic heterocycles. The van der Waals surface area contributed by atoms with Gasteiger partial charge in [-0.3, -0.25) is 9.59 Å². The number of carbonyl (C=O) groups is 2. The highest BCUT2D eigenvalue weighted by Gasteiger charge is 2.19. The maximum Gasteiger partial charge on any atom is 0.255 e. The van der Waals surface area contributed by atoms with Crippen LogP contribution in [0.4, 0.5) is 11.4 Å². The zero-order chi connectivity index (χ0) is 18.0. The van der Waals surface area contributed by atoms with Gasteiger partial charge in [-0.05, 0) is 36.4 Å². The summed E-state index contributed by atoms with van der Waals surface area (Å²) in [5.41, 5.74) is 1.69. The minimum Gasteiger partial charge on any atom is -0.359 e. The first-order valence-electron chi connectivity index (χ1n) is 7.51. The van der Waals surface area contributed by atoms with Crippen LogP contribution in [0.3, 0.4) is 0 Å². The van der Waals surface area contributed by atoms with Crippen LogP contribution in [0, 0.1) is 0 Å². The molecule has 1 saturated heterocycles. The van der Waals surface area contributed by atoms with Gasteiger partial charge >= 0.3 is 0 Å². The summed E-state index contributed by atoms with van der Waals surface area (Å²) < 4.78 is 0. The highest BCUT2D eigenvalue weighted by Crippen LogP contribution is 2.30. The molecule has 1 heterocycles. The van der Waals surface area contributed by atoms with E-state index in [2.05, 4.69) is 10.6 Å². The predicted octanol–water partition coefficient (Wildman–Crippen LogP) is 3.84. The first-order valence-corrected chi connectivity index (χ1v) is 8.65. The van der Waals surface area contributed by atoms with Crippen molar-refractivity contribution >= 4 is 58.0 Å². The molecule has 0 bridgehead atoms. The molecule has 1 aliphatic rings. The minimum atomic E-state index is -0.320. The Labute approximate surface area is 159 Å². The quantitative estimate of drug-likeness (QED) is 0.826. The third kappa shape index (κ3) is 4.18. The molecule has 0 spiro atoms. The van der Waals surface area contributed by atoms with E-state index < -0.39 is 0 Å². The van der Waals surface area contributed by atoms with Crippen LogP contribution < -0.4 is 15.5 Å². The lowest BCUT2D eigenvalue weighted by Gasteiger charge is -2.29. The smallest absolute Gasteiger partial charge is 0.255 e. The van der Waals surface area contributed by atoms with Crippen LogP contribution in [0.2, 0.25) is 15.1 Å². The molecule has 5 nitrogen and oxygen atoms in total. The number of piperazine rings is 1. The van der Waals surface area contributed by atoms with Crippen molar-refractivity contribution in [3.05, 3.63) is 57.0 Å². The predicted molar refractivity (Wildman–Crippen MR) is 101 cm³/mol. The molecule has 2 aromatic carbocycles. The normalized spacial score (nSPS) is 14.2. The molecule has 130 valence electrons. The third-order valence-electron chi connectivity index (χ3n) is 3.77. The van der Waals surface area contributed by atoms with Gasteiger partial charge in [-0.1, -0.05) is 34.8 Å². The molecular weight excluding hydrogens is 385 g/mol. The molecule has 2 aromatic rings. The molecule has 0 saturated carbocycles. The summed E-state index contributed by atoms with van der Waals surface area (Å²) in [6, 6.07) is 9.83. The lowest BCUT2D eigenvalue weighted by molar-refractivity contribution is -0.120. The minimum absolute atomic E-state index is 0.0423. The van der Waals surface area contributed by atoms with Crippen LogP contribution >= 0.6 is 34.8 Å². The second kappa shape index (κ2) is 7.52. The van der Waals surface area contributed by atoms with Crippen molar-refractivity contribution in [3.63, 3.8) is 0 Å². The van der Waals surface area contributed by atoms with Gasteiger partial charge in [0, 0.05) is 24.3 Å². The van der Waals surface area contributed by atoms with Gasteiger partial charge in [-0.2, -0.15) is 0 Å². The van der Waals surface area contributed by atoms with Gasteiger partial charge in [0.15, 0.2) is 0 Å². The van der Waals surface area contributed by atoms with E-state index in [9.17, 15) is 9.59 Å². The van der Waals surface area contributed by atoms with Crippen LogP contribution in [-0.2, 0) is 4.79 Å². The highest BCUT2D eigenvalue weighted by molar-refractivity contribution is 6.42. The molecule has 2 amide bonds. The molecule has 1 aliphatic heterocycles. The number of nitrogens with one attached hydrogen (secondary N) is 2. The van der Waals surface area contributed by atoms with E-state index in [1.54, 1.807) is 30.3 Å². The number of carbonyl (C=O) groups excluding carboxylic acids is 2. The maximum absolute atomic E-state index is 12.3. The Bertz CT molecular complexity index is 842. The average molecular weight is 399 g/mol. The summed E-state index contributed by atoms with van der Waals surface area (Å²) in [6.45, 7) is 1.51. The van der Waals surface area contributed by atoms with E-state index in [0.717, 1.165) is 5.69 Å². The number of halogens is 3. The Hall–Kier alpha value is -1.95. The first-order chi connectivity index (χ1) is 11.9. The van der Waals surface area contributed by atoms with Crippen LogP contribution in [0.5, 0.6) is 0 Å². The molecule has 0 unspecified atom stereocenters. The van der Waals surface area contributed by atoms with Gasteiger partial charge in [-0.15, -0.1) is 0 Å². The number of hydrogen-bond acceptors (Lipinski definition) is 3. The van der Waals surface area contributed by atoms with E-state index in [1.807, 2.05) is 4.90 Å². The number of rotatable bonds is 3. The lowest BCUT2D eigenvalue weighted by Crippen LogP contribution is -2.47. The van der Waals surface area contributed by atoms with Crippen LogP contribution in [0.15, 0.2) is 36.4 Å². The molecule has 2 N–H and O–H groups in total. The van der Waals surface area contributed by atoms with Crippen molar-refractivity contribution in [2.24, 2.45) is 0 Å². The van der Waals surface area contributed by atoms with Gasteiger partial charge in [-0.25, -0.2) is 0 Å². The van der Waals surface area contributed by atoms with Crippen LogP contribution in [0.25, 0.3) is 0 Å². The van der Waals surface area contributed by atoms with Crippen molar-refractivity contribution in [3.8, 4) is 0 Å². The third-order valence-corrected chi connectivity index (χ3v) is 4.81. The SMILES string of the molecule is O=C1CN(c2ccc(NC(=O)c3ccc(Cl)c(Cl)c3)cc2Cl)CCN1. The topological polar surface area (TPSA) is 61.4 Å². The zero-order valence-electron chi connectivity index (χ0n) is 13.0. The van der Waals surface area contributed by atoms with Crippen LogP contribution in [-0.4, -0.2) is 31.4 Å². The Kier molecular flexibility index (Phi) is 5.37. The van der Waals surface area contributed by atoms with Crippen molar-refractivity contribution < 1.29 is 9.59 Å². The standard InChI is InChI=1S/C17H14Cl3N3O2/c18-12-3-1-10(7-13(12)19)17(25)22-11-2-4-15(14(20)8-11)23-6-5-21-16(24)9-23/h1-4,7-8H,5-6,9H2,(H,21,24)(H,22,25). The fourth-order valence-electron chi connectivity index (χ4n) is 2.53. The molecule has 3 rings (SSSR count). The fraction of sp³-hybridized carbons (Fsp3) is 0.176. The summed E-state index contributed by atoms with van der Waals surface area (Å²) in [4.78, 5) is 25.7. The molecule has 0 aliphatic carbocycles. The zero-order valence-corrected chi connectivity index (χ0v) is 15.3. The fourth-order valence-corrected chi connectivity index (χ4v) is 3.12. The average Bonchev–Trinajstić information content (AvgIpc) is 2.57. The highest BCUT2D eigenvalue weighted by atomic mass is 35.5.